The zero-order chi connectivity index (χ0) is 24.2. The second-order valence-corrected chi connectivity index (χ2v) is 9.54. The Kier molecular flexibility index (Phi) is 10.5. The third-order valence-electron chi connectivity index (χ3n) is 5.87. The van der Waals surface area contributed by atoms with E-state index < -0.39 is 11.7 Å². The van der Waals surface area contributed by atoms with Crippen LogP contribution in [0.1, 0.15) is 81.7 Å². The SMILES string of the molecule is CCCCCCCCCCCc1nnc(SCc2ccccc2)n1-c1ccccc1C(F)(F)F. The van der Waals surface area contributed by atoms with Gasteiger partial charge in [0.25, 0.3) is 0 Å². The van der Waals surface area contributed by atoms with Gasteiger partial charge in [0.15, 0.2) is 5.16 Å². The molecule has 1 aromatic heterocycles. The molecule has 0 unspecified atom stereocenters. The predicted octanol–water partition coefficient (Wildman–Crippen LogP) is 8.65. The van der Waals surface area contributed by atoms with Gasteiger partial charge in [-0.15, -0.1) is 10.2 Å². The minimum Gasteiger partial charge on any atom is -0.273 e. The van der Waals surface area contributed by atoms with E-state index >= 15 is 0 Å². The van der Waals surface area contributed by atoms with Gasteiger partial charge in [-0.3, -0.25) is 4.57 Å². The fraction of sp³-hybridized carbons (Fsp3) is 0.481. The van der Waals surface area contributed by atoms with E-state index in [9.17, 15) is 13.2 Å². The number of aromatic nitrogens is 3. The monoisotopic (exact) mass is 489 g/mol. The standard InChI is InChI=1S/C27H34F3N3S/c1-2-3-4-5-6-7-8-9-13-20-25-31-32-26(34-21-22-16-11-10-12-17-22)33(25)24-19-15-14-18-23(24)27(28,29)30/h10-12,14-19H,2-9,13,20-21H2,1H3. The summed E-state index contributed by atoms with van der Waals surface area (Å²) in [5, 5.41) is 9.11. The van der Waals surface area contributed by atoms with Crippen molar-refractivity contribution in [3.8, 4) is 5.69 Å². The number of rotatable bonds is 14. The highest BCUT2D eigenvalue weighted by Gasteiger charge is 2.34. The molecule has 0 radical (unpaired) electrons. The van der Waals surface area contributed by atoms with Gasteiger partial charge in [-0.1, -0.05) is 113 Å². The Hall–Kier alpha value is -2.28. The summed E-state index contributed by atoms with van der Waals surface area (Å²) in [7, 11) is 0. The smallest absolute Gasteiger partial charge is 0.273 e. The van der Waals surface area contributed by atoms with Crippen LogP contribution in [-0.4, -0.2) is 14.8 Å². The first-order chi connectivity index (χ1) is 16.5. The fourth-order valence-electron chi connectivity index (χ4n) is 4.02. The molecular formula is C27H34F3N3S. The molecule has 3 rings (SSSR count). The highest BCUT2D eigenvalue weighted by molar-refractivity contribution is 7.98. The molecule has 7 heteroatoms. The molecule has 0 saturated carbocycles. The fourth-order valence-corrected chi connectivity index (χ4v) is 4.94. The molecule has 0 atom stereocenters. The van der Waals surface area contributed by atoms with Crippen LogP contribution >= 0.6 is 11.8 Å². The lowest BCUT2D eigenvalue weighted by atomic mass is 10.1. The Morgan fingerprint density at radius 1 is 0.765 bits per heavy atom. The Balaban J connectivity index is 1.71. The van der Waals surface area contributed by atoms with Crippen molar-refractivity contribution < 1.29 is 13.2 Å². The number of aryl methyl sites for hydroxylation is 1. The van der Waals surface area contributed by atoms with Crippen LogP contribution in [0.25, 0.3) is 5.69 Å². The normalized spacial score (nSPS) is 11.8. The van der Waals surface area contributed by atoms with Crippen LogP contribution in [0.3, 0.4) is 0 Å². The number of para-hydroxylation sites is 1. The van der Waals surface area contributed by atoms with Crippen molar-refractivity contribution in [1.82, 2.24) is 14.8 Å². The molecule has 0 spiro atoms. The lowest BCUT2D eigenvalue weighted by molar-refractivity contribution is -0.137. The Morgan fingerprint density at radius 2 is 1.38 bits per heavy atom. The van der Waals surface area contributed by atoms with Crippen LogP contribution in [0.4, 0.5) is 13.2 Å². The van der Waals surface area contributed by atoms with Gasteiger partial charge in [-0.2, -0.15) is 13.2 Å². The van der Waals surface area contributed by atoms with Gasteiger partial charge in [0.1, 0.15) is 5.82 Å². The summed E-state index contributed by atoms with van der Waals surface area (Å²) in [6, 6.07) is 15.6. The number of hydrogen-bond acceptors (Lipinski definition) is 3. The molecule has 3 aromatic rings. The molecule has 0 amide bonds. The highest BCUT2D eigenvalue weighted by atomic mass is 32.2. The van der Waals surface area contributed by atoms with E-state index in [0.29, 0.717) is 23.2 Å². The second-order valence-electron chi connectivity index (χ2n) is 8.60. The number of unbranched alkanes of at least 4 members (excludes halogenated alkanes) is 8. The molecule has 34 heavy (non-hydrogen) atoms. The third-order valence-corrected chi connectivity index (χ3v) is 6.87. The minimum absolute atomic E-state index is 0.0986. The Bertz CT molecular complexity index is 986. The van der Waals surface area contributed by atoms with Crippen molar-refractivity contribution in [2.75, 3.05) is 0 Å². The van der Waals surface area contributed by atoms with Crippen molar-refractivity contribution in [1.29, 1.82) is 0 Å². The summed E-state index contributed by atoms with van der Waals surface area (Å²) in [6.07, 6.45) is 6.89. The van der Waals surface area contributed by atoms with Crippen molar-refractivity contribution in [2.45, 2.75) is 88.2 Å². The first-order valence-corrected chi connectivity index (χ1v) is 13.3. The molecule has 0 bridgehead atoms. The zero-order valence-electron chi connectivity index (χ0n) is 19.9. The van der Waals surface area contributed by atoms with Gasteiger partial charge in [-0.25, -0.2) is 0 Å². The molecule has 2 aromatic carbocycles. The quantitative estimate of drug-likeness (QED) is 0.168. The van der Waals surface area contributed by atoms with Gasteiger partial charge in [-0.05, 0) is 24.1 Å². The van der Waals surface area contributed by atoms with Gasteiger partial charge < -0.3 is 0 Å². The molecule has 184 valence electrons. The van der Waals surface area contributed by atoms with Crippen LogP contribution in [0, 0.1) is 0 Å². The number of benzene rings is 2. The summed E-state index contributed by atoms with van der Waals surface area (Å²) in [4.78, 5) is 0. The molecule has 0 aliphatic carbocycles. The lowest BCUT2D eigenvalue weighted by Crippen LogP contribution is -2.13. The molecule has 0 aliphatic heterocycles. The first-order valence-electron chi connectivity index (χ1n) is 12.3. The van der Waals surface area contributed by atoms with Gasteiger partial charge >= 0.3 is 6.18 Å². The van der Waals surface area contributed by atoms with Crippen LogP contribution < -0.4 is 0 Å². The second kappa shape index (κ2) is 13.6. The maximum absolute atomic E-state index is 13.8. The van der Waals surface area contributed by atoms with Gasteiger partial charge in [0.2, 0.25) is 0 Å². The van der Waals surface area contributed by atoms with E-state index in [1.165, 1.54) is 62.4 Å². The highest BCUT2D eigenvalue weighted by Crippen LogP contribution is 2.36. The molecule has 0 N–H and O–H groups in total. The summed E-state index contributed by atoms with van der Waals surface area (Å²) in [5.74, 6) is 1.21. The number of nitrogens with zero attached hydrogens (tertiary/aromatic N) is 3. The summed E-state index contributed by atoms with van der Waals surface area (Å²) < 4.78 is 43.0. The van der Waals surface area contributed by atoms with Crippen molar-refractivity contribution in [3.05, 3.63) is 71.5 Å². The van der Waals surface area contributed by atoms with Crippen molar-refractivity contribution in [3.63, 3.8) is 0 Å². The van der Waals surface area contributed by atoms with Crippen LogP contribution in [0.2, 0.25) is 0 Å². The average molecular weight is 490 g/mol. The lowest BCUT2D eigenvalue weighted by Gasteiger charge is -2.16. The molecular weight excluding hydrogens is 455 g/mol. The van der Waals surface area contributed by atoms with Crippen molar-refractivity contribution in [2.24, 2.45) is 0 Å². The topological polar surface area (TPSA) is 30.7 Å². The van der Waals surface area contributed by atoms with E-state index in [2.05, 4.69) is 17.1 Å². The zero-order valence-corrected chi connectivity index (χ0v) is 20.7. The Morgan fingerprint density at radius 3 is 2.06 bits per heavy atom. The maximum Gasteiger partial charge on any atom is 0.418 e. The van der Waals surface area contributed by atoms with Gasteiger partial charge in [0, 0.05) is 12.2 Å². The largest absolute Gasteiger partial charge is 0.418 e. The third kappa shape index (κ3) is 7.90. The molecule has 0 fully saturated rings. The molecule has 3 nitrogen and oxygen atoms in total. The molecule has 0 aliphatic rings. The van der Waals surface area contributed by atoms with E-state index in [1.54, 1.807) is 10.6 Å². The van der Waals surface area contributed by atoms with Crippen LogP contribution in [0.5, 0.6) is 0 Å². The van der Waals surface area contributed by atoms with E-state index in [0.717, 1.165) is 30.9 Å². The van der Waals surface area contributed by atoms with Crippen LogP contribution in [-0.2, 0) is 18.3 Å². The Labute approximate surface area is 205 Å². The number of halogens is 3. The number of alkyl halides is 3. The van der Waals surface area contributed by atoms with Gasteiger partial charge in [0.05, 0.1) is 11.3 Å². The number of hydrogen-bond donors (Lipinski definition) is 0. The minimum atomic E-state index is -4.45. The maximum atomic E-state index is 13.8. The van der Waals surface area contributed by atoms with Crippen molar-refractivity contribution >= 4 is 11.8 Å². The summed E-state index contributed by atoms with van der Waals surface area (Å²) >= 11 is 1.41. The van der Waals surface area contributed by atoms with E-state index in [1.807, 2.05) is 30.3 Å². The van der Waals surface area contributed by atoms with E-state index in [4.69, 9.17) is 0 Å². The molecule has 0 saturated heterocycles. The predicted molar refractivity (Wildman–Crippen MR) is 133 cm³/mol. The molecule has 1 heterocycles. The van der Waals surface area contributed by atoms with E-state index in [-0.39, 0.29) is 5.69 Å². The average Bonchev–Trinajstić information content (AvgIpc) is 3.24. The first kappa shape index (κ1) is 26.3. The summed E-state index contributed by atoms with van der Waals surface area (Å²) in [6.45, 7) is 2.22. The summed E-state index contributed by atoms with van der Waals surface area (Å²) in [5.41, 5.74) is 0.526. The van der Waals surface area contributed by atoms with Crippen LogP contribution in [0.15, 0.2) is 59.8 Å². The number of thioether (sulfide) groups is 1.